The van der Waals surface area contributed by atoms with Crippen molar-refractivity contribution in [3.63, 3.8) is 0 Å². The molecule has 0 saturated heterocycles. The lowest BCUT2D eigenvalue weighted by atomic mass is 10.3. The van der Waals surface area contributed by atoms with Crippen LogP contribution in [0.25, 0.3) is 11.5 Å². The van der Waals surface area contributed by atoms with Crippen LogP contribution in [0.5, 0.6) is 0 Å². The van der Waals surface area contributed by atoms with Gasteiger partial charge in [-0.15, -0.1) is 5.10 Å². The molecule has 0 radical (unpaired) electrons. The number of nitrogens with zero attached hydrogens (tertiary/aromatic N) is 6. The lowest BCUT2D eigenvalue weighted by Crippen LogP contribution is -2.06. The third kappa shape index (κ3) is 2.65. The van der Waals surface area contributed by atoms with E-state index in [0.29, 0.717) is 24.5 Å². The van der Waals surface area contributed by atoms with E-state index in [-0.39, 0.29) is 6.42 Å². The minimum absolute atomic E-state index is 0.0987. The molecule has 2 aromatic heterocycles. The van der Waals surface area contributed by atoms with Crippen molar-refractivity contribution in [3.8, 4) is 11.5 Å². The first kappa shape index (κ1) is 11.2. The van der Waals surface area contributed by atoms with Crippen molar-refractivity contribution in [3.05, 3.63) is 12.3 Å². The van der Waals surface area contributed by atoms with Gasteiger partial charge >= 0.3 is 5.97 Å². The molecule has 90 valence electrons. The predicted molar refractivity (Wildman–Crippen MR) is 56.9 cm³/mol. The van der Waals surface area contributed by atoms with Crippen molar-refractivity contribution in [1.29, 1.82) is 0 Å². The molecule has 0 amide bonds. The number of carboxylic acid groups (broad SMARTS) is 1. The highest BCUT2D eigenvalue weighted by molar-refractivity contribution is 5.66. The summed E-state index contributed by atoms with van der Waals surface area (Å²) in [6.45, 7) is 0.463. The Hall–Kier alpha value is -2.25. The maximum Gasteiger partial charge on any atom is 0.303 e. The fourth-order valence-electron chi connectivity index (χ4n) is 1.45. The summed E-state index contributed by atoms with van der Waals surface area (Å²) in [6, 6.07) is 1.80. The number of carbonyl (C=O) groups is 1. The number of tetrazole rings is 1. The van der Waals surface area contributed by atoms with Gasteiger partial charge in [0.05, 0.1) is 0 Å². The van der Waals surface area contributed by atoms with Gasteiger partial charge in [-0.05, 0) is 22.9 Å². The Labute approximate surface area is 96.9 Å². The van der Waals surface area contributed by atoms with Crippen LogP contribution in [-0.2, 0) is 18.4 Å². The Balaban J connectivity index is 2.09. The summed E-state index contributed by atoms with van der Waals surface area (Å²) in [5.74, 6) is -0.270. The SMILES string of the molecule is Cn1ccc(-c2nnnn2CCCC(=O)O)n1. The second-order valence-corrected chi connectivity index (χ2v) is 3.60. The molecular formula is C9H12N6O2. The first-order valence-corrected chi connectivity index (χ1v) is 5.15. The fraction of sp³-hybridized carbons (Fsp3) is 0.444. The molecule has 0 fully saturated rings. The molecule has 2 rings (SSSR count). The quantitative estimate of drug-likeness (QED) is 0.780. The van der Waals surface area contributed by atoms with Crippen LogP contribution in [0.3, 0.4) is 0 Å². The molecule has 8 heteroatoms. The third-order valence-corrected chi connectivity index (χ3v) is 2.24. The lowest BCUT2D eigenvalue weighted by Gasteiger charge is -2.00. The number of aryl methyl sites for hydroxylation is 2. The lowest BCUT2D eigenvalue weighted by molar-refractivity contribution is -0.137. The highest BCUT2D eigenvalue weighted by Gasteiger charge is 2.11. The molecule has 0 aromatic carbocycles. The van der Waals surface area contributed by atoms with Crippen molar-refractivity contribution in [2.24, 2.45) is 7.05 Å². The van der Waals surface area contributed by atoms with E-state index < -0.39 is 5.97 Å². The van der Waals surface area contributed by atoms with Crippen LogP contribution in [0.4, 0.5) is 0 Å². The molecule has 0 saturated carbocycles. The molecule has 0 unspecified atom stereocenters. The Bertz CT molecular complexity index is 517. The van der Waals surface area contributed by atoms with Crippen LogP contribution in [0.15, 0.2) is 12.3 Å². The van der Waals surface area contributed by atoms with E-state index in [9.17, 15) is 4.79 Å². The van der Waals surface area contributed by atoms with Crippen LogP contribution in [0.2, 0.25) is 0 Å². The number of rotatable bonds is 5. The number of aliphatic carboxylic acids is 1. The first-order valence-electron chi connectivity index (χ1n) is 5.15. The minimum atomic E-state index is -0.822. The van der Waals surface area contributed by atoms with Gasteiger partial charge in [0, 0.05) is 26.2 Å². The van der Waals surface area contributed by atoms with Gasteiger partial charge in [-0.1, -0.05) is 0 Å². The number of carboxylic acids is 1. The molecule has 0 spiro atoms. The van der Waals surface area contributed by atoms with Crippen LogP contribution in [0.1, 0.15) is 12.8 Å². The monoisotopic (exact) mass is 236 g/mol. The summed E-state index contributed by atoms with van der Waals surface area (Å²) in [5, 5.41) is 24.0. The zero-order valence-corrected chi connectivity index (χ0v) is 9.31. The Morgan fingerprint density at radius 3 is 3.00 bits per heavy atom. The topological polar surface area (TPSA) is 98.7 Å². The van der Waals surface area contributed by atoms with Gasteiger partial charge in [-0.2, -0.15) is 5.10 Å². The smallest absolute Gasteiger partial charge is 0.303 e. The van der Waals surface area contributed by atoms with Gasteiger partial charge in [0.1, 0.15) is 5.69 Å². The van der Waals surface area contributed by atoms with Gasteiger partial charge in [-0.3, -0.25) is 9.48 Å². The Kier molecular flexibility index (Phi) is 3.12. The van der Waals surface area contributed by atoms with E-state index in [4.69, 9.17) is 5.11 Å². The molecule has 8 nitrogen and oxygen atoms in total. The second-order valence-electron chi connectivity index (χ2n) is 3.60. The van der Waals surface area contributed by atoms with Crippen molar-refractivity contribution >= 4 is 5.97 Å². The highest BCUT2D eigenvalue weighted by atomic mass is 16.4. The van der Waals surface area contributed by atoms with Gasteiger partial charge in [0.2, 0.25) is 5.82 Å². The average molecular weight is 236 g/mol. The van der Waals surface area contributed by atoms with Gasteiger partial charge in [0.25, 0.3) is 0 Å². The van der Waals surface area contributed by atoms with Gasteiger partial charge in [-0.25, -0.2) is 4.68 Å². The average Bonchev–Trinajstić information content (AvgIpc) is 2.86. The van der Waals surface area contributed by atoms with E-state index in [0.717, 1.165) is 0 Å². The molecule has 1 N–H and O–H groups in total. The van der Waals surface area contributed by atoms with Crippen LogP contribution < -0.4 is 0 Å². The Morgan fingerprint density at radius 2 is 2.35 bits per heavy atom. The van der Waals surface area contributed by atoms with E-state index in [1.54, 1.807) is 21.6 Å². The zero-order chi connectivity index (χ0) is 12.3. The molecule has 0 bridgehead atoms. The van der Waals surface area contributed by atoms with Gasteiger partial charge < -0.3 is 5.11 Å². The fourth-order valence-corrected chi connectivity index (χ4v) is 1.45. The summed E-state index contributed by atoms with van der Waals surface area (Å²) >= 11 is 0. The minimum Gasteiger partial charge on any atom is -0.481 e. The second kappa shape index (κ2) is 4.73. The molecule has 2 heterocycles. The highest BCUT2D eigenvalue weighted by Crippen LogP contribution is 2.12. The first-order chi connectivity index (χ1) is 8.16. The zero-order valence-electron chi connectivity index (χ0n) is 9.31. The molecule has 2 aromatic rings. The van der Waals surface area contributed by atoms with Crippen molar-refractivity contribution in [1.82, 2.24) is 30.0 Å². The van der Waals surface area contributed by atoms with Crippen LogP contribution in [-0.4, -0.2) is 41.1 Å². The number of aromatic nitrogens is 6. The Morgan fingerprint density at radius 1 is 1.53 bits per heavy atom. The van der Waals surface area contributed by atoms with E-state index in [1.807, 2.05) is 7.05 Å². The van der Waals surface area contributed by atoms with Crippen LogP contribution in [0, 0.1) is 0 Å². The van der Waals surface area contributed by atoms with E-state index in [1.165, 1.54) is 0 Å². The summed E-state index contributed by atoms with van der Waals surface area (Å²) in [5.41, 5.74) is 0.674. The molecule has 17 heavy (non-hydrogen) atoms. The molecular weight excluding hydrogens is 224 g/mol. The summed E-state index contributed by atoms with van der Waals surface area (Å²) in [6.07, 6.45) is 2.38. The maximum atomic E-state index is 10.4. The van der Waals surface area contributed by atoms with Crippen LogP contribution >= 0.6 is 0 Å². The molecule has 0 atom stereocenters. The van der Waals surface area contributed by atoms with Gasteiger partial charge in [0.15, 0.2) is 0 Å². The standard InChI is InChI=1S/C9H12N6O2/c1-14-6-4-7(11-14)9-10-12-13-15(9)5-2-3-8(16)17/h4,6H,2-3,5H2,1H3,(H,16,17). The summed E-state index contributed by atoms with van der Waals surface area (Å²) < 4.78 is 3.22. The molecule has 0 aliphatic carbocycles. The largest absolute Gasteiger partial charge is 0.481 e. The van der Waals surface area contributed by atoms with Crippen molar-refractivity contribution in [2.45, 2.75) is 19.4 Å². The number of hydrogen-bond acceptors (Lipinski definition) is 5. The normalized spacial score (nSPS) is 10.6. The summed E-state index contributed by atoms with van der Waals surface area (Å²) in [4.78, 5) is 10.4. The van der Waals surface area contributed by atoms with Crippen molar-refractivity contribution in [2.75, 3.05) is 0 Å². The number of hydrogen-bond donors (Lipinski definition) is 1. The molecule has 0 aliphatic heterocycles. The predicted octanol–water partition coefficient (Wildman–Crippen LogP) is -0.0616. The third-order valence-electron chi connectivity index (χ3n) is 2.24. The van der Waals surface area contributed by atoms with Crippen molar-refractivity contribution < 1.29 is 9.90 Å². The van der Waals surface area contributed by atoms with E-state index in [2.05, 4.69) is 20.6 Å². The molecule has 0 aliphatic rings. The maximum absolute atomic E-state index is 10.4. The van der Waals surface area contributed by atoms with E-state index >= 15 is 0 Å². The summed E-state index contributed by atoms with van der Waals surface area (Å²) in [7, 11) is 1.81.